The fourth-order valence-corrected chi connectivity index (χ4v) is 13.0. The summed E-state index contributed by atoms with van der Waals surface area (Å²) in [5.74, 6) is 2.54. The van der Waals surface area contributed by atoms with E-state index in [-0.39, 0.29) is 0 Å². The van der Waals surface area contributed by atoms with Gasteiger partial charge in [0.1, 0.15) is 0 Å². The average Bonchev–Trinajstić information content (AvgIpc) is 3.76. The zero-order chi connectivity index (χ0) is 47.5. The molecule has 0 spiro atoms. The van der Waals surface area contributed by atoms with Gasteiger partial charge >= 0.3 is 0 Å². The van der Waals surface area contributed by atoms with Crippen LogP contribution in [0.3, 0.4) is 0 Å². The van der Waals surface area contributed by atoms with Gasteiger partial charge in [0.2, 0.25) is 0 Å². The third-order valence-electron chi connectivity index (χ3n) is 16.2. The topological polar surface area (TPSA) is 8.17 Å². The quantitative estimate of drug-likeness (QED) is 0.140. The number of rotatable bonds is 9. The minimum Gasteiger partial charge on any atom is -0.311 e. The molecule has 3 fully saturated rings. The summed E-state index contributed by atoms with van der Waals surface area (Å²) < 4.78 is 2.43. The Hall–Kier alpha value is -7.94. The van der Waals surface area contributed by atoms with Gasteiger partial charge in [-0.25, -0.2) is 0 Å². The van der Waals surface area contributed by atoms with Gasteiger partial charge in [0, 0.05) is 33.5 Å². The molecule has 3 aliphatic rings. The van der Waals surface area contributed by atoms with Crippen LogP contribution >= 0.6 is 0 Å². The molecule has 2 atom stereocenters. The molecule has 2 heteroatoms. The van der Waals surface area contributed by atoms with E-state index in [1.54, 1.807) is 5.56 Å². The Morgan fingerprint density at radius 3 is 1.49 bits per heavy atom. The van der Waals surface area contributed by atoms with Crippen LogP contribution < -0.4 is 4.90 Å². The highest BCUT2D eigenvalue weighted by Crippen LogP contribution is 2.56. The molecule has 1 unspecified atom stereocenters. The molecule has 11 aromatic rings. The largest absolute Gasteiger partial charge is 0.311 e. The first-order chi connectivity index (χ1) is 34.9. The molecule has 10 aromatic carbocycles. The number of hydrogen-bond donors (Lipinski definition) is 0. The van der Waals surface area contributed by atoms with Crippen LogP contribution in [0.1, 0.15) is 51.5 Å². The Balaban J connectivity index is 0.825. The molecule has 2 bridgehead atoms. The summed E-state index contributed by atoms with van der Waals surface area (Å²) in [7, 11) is 0. The van der Waals surface area contributed by atoms with Crippen LogP contribution in [0.15, 0.2) is 237 Å². The SMILES string of the molecule is CC1CC2CC(c3ccc(-c4ccc(N(c5ccc(-c6ccc(-c7ccccc7)cc6)cc5)c5ccc(-c6cccc(-n7c8ccccc8c8c9ccccc9ccc87)c6)cc5)cc4)cc3)(C2)C[C@@H](C)C1. The van der Waals surface area contributed by atoms with Crippen molar-refractivity contribution in [2.75, 3.05) is 4.90 Å². The van der Waals surface area contributed by atoms with Gasteiger partial charge < -0.3 is 9.47 Å². The lowest BCUT2D eigenvalue weighted by Gasteiger charge is -2.53. The lowest BCUT2D eigenvalue weighted by atomic mass is 9.52. The van der Waals surface area contributed by atoms with Crippen molar-refractivity contribution in [3.63, 3.8) is 0 Å². The number of benzene rings is 10. The van der Waals surface area contributed by atoms with E-state index >= 15 is 0 Å². The molecule has 1 aromatic heterocycles. The Labute approximate surface area is 418 Å². The summed E-state index contributed by atoms with van der Waals surface area (Å²) in [6, 6.07) is 87.6. The minimum atomic E-state index is 0.370. The standard InChI is InChI=1S/C69H58N2/c1-47-41-48(2)44-69(45-49(42-47)46-69)59-32-23-53(24-33-59)55-27-36-61(37-28-55)70(60-34-25-54(26-35-60)52-21-19-51(20-22-52)50-11-4-3-5-12-50)62-38-29-56(30-39-62)58-14-10-15-63(43-58)71-66-18-9-8-17-65(66)68-64-16-7-6-13-57(64)31-40-67(68)71/h3-40,43,47-49H,41-42,44-46H2,1-2H3/t47?,48-,49?,69?/m0/s1. The number of fused-ring (bicyclic) bond motifs is 9. The van der Waals surface area contributed by atoms with Crippen molar-refractivity contribution in [3.8, 4) is 50.2 Å². The van der Waals surface area contributed by atoms with E-state index in [1.807, 2.05) is 0 Å². The molecular weight excluding hydrogens is 857 g/mol. The highest BCUT2D eigenvalue weighted by molar-refractivity contribution is 6.21. The van der Waals surface area contributed by atoms with E-state index in [2.05, 4.69) is 260 Å². The van der Waals surface area contributed by atoms with Crippen LogP contribution in [0.4, 0.5) is 17.1 Å². The van der Waals surface area contributed by atoms with Gasteiger partial charge in [-0.2, -0.15) is 0 Å². The van der Waals surface area contributed by atoms with Crippen molar-refractivity contribution >= 4 is 49.6 Å². The Bertz CT molecular complexity index is 3670. The van der Waals surface area contributed by atoms with Crippen molar-refractivity contribution in [3.05, 3.63) is 242 Å². The van der Waals surface area contributed by atoms with Crippen LogP contribution in [0.25, 0.3) is 82.8 Å². The number of anilines is 3. The lowest BCUT2D eigenvalue weighted by Crippen LogP contribution is -2.45. The smallest absolute Gasteiger partial charge is 0.0547 e. The van der Waals surface area contributed by atoms with E-state index in [0.29, 0.717) is 5.41 Å². The number of para-hydroxylation sites is 1. The van der Waals surface area contributed by atoms with Crippen LogP contribution in [-0.4, -0.2) is 4.57 Å². The molecule has 3 saturated carbocycles. The van der Waals surface area contributed by atoms with Gasteiger partial charge in [0.05, 0.1) is 11.0 Å². The normalized spacial score (nSPS) is 18.8. The maximum Gasteiger partial charge on any atom is 0.0547 e. The average molecular weight is 915 g/mol. The first kappa shape index (κ1) is 43.1. The van der Waals surface area contributed by atoms with E-state index < -0.39 is 0 Å². The van der Waals surface area contributed by atoms with E-state index in [1.165, 1.54) is 109 Å². The van der Waals surface area contributed by atoms with Crippen LogP contribution in [-0.2, 0) is 5.41 Å². The van der Waals surface area contributed by atoms with Gasteiger partial charge in [0.25, 0.3) is 0 Å². The molecule has 0 N–H and O–H groups in total. The van der Waals surface area contributed by atoms with Crippen LogP contribution in [0.2, 0.25) is 0 Å². The second-order valence-electron chi connectivity index (χ2n) is 21.0. The highest BCUT2D eigenvalue weighted by Gasteiger charge is 2.47. The van der Waals surface area contributed by atoms with E-state index in [4.69, 9.17) is 0 Å². The summed E-state index contributed by atoms with van der Waals surface area (Å²) in [6.07, 6.45) is 6.82. The molecule has 0 amide bonds. The lowest BCUT2D eigenvalue weighted by molar-refractivity contribution is 0.0613. The van der Waals surface area contributed by atoms with Crippen molar-refractivity contribution in [1.82, 2.24) is 4.57 Å². The summed E-state index contributed by atoms with van der Waals surface area (Å²) in [4.78, 5) is 2.39. The maximum absolute atomic E-state index is 2.48. The van der Waals surface area contributed by atoms with Crippen molar-refractivity contribution in [2.24, 2.45) is 17.8 Å². The van der Waals surface area contributed by atoms with Crippen LogP contribution in [0, 0.1) is 17.8 Å². The molecule has 1 heterocycles. The molecule has 2 nitrogen and oxygen atoms in total. The molecule has 0 saturated heterocycles. The molecule has 344 valence electrons. The molecule has 14 rings (SSSR count). The fourth-order valence-electron chi connectivity index (χ4n) is 13.0. The van der Waals surface area contributed by atoms with Crippen molar-refractivity contribution in [2.45, 2.75) is 51.4 Å². The van der Waals surface area contributed by atoms with Gasteiger partial charge in [-0.05, 0) is 177 Å². The Kier molecular flexibility index (Phi) is 10.8. The second kappa shape index (κ2) is 17.8. The number of nitrogens with zero attached hydrogens (tertiary/aromatic N) is 2. The molecule has 0 aliphatic heterocycles. The molecule has 3 aliphatic carbocycles. The van der Waals surface area contributed by atoms with Gasteiger partial charge in [-0.1, -0.05) is 190 Å². The predicted octanol–water partition coefficient (Wildman–Crippen LogP) is 19.2. The third-order valence-corrected chi connectivity index (χ3v) is 16.2. The monoisotopic (exact) mass is 914 g/mol. The molecular formula is C69H58N2. The summed E-state index contributed by atoms with van der Waals surface area (Å²) >= 11 is 0. The fraction of sp³-hybridized carbons (Fsp3) is 0.159. The summed E-state index contributed by atoms with van der Waals surface area (Å²) in [5, 5.41) is 5.12. The molecule has 71 heavy (non-hydrogen) atoms. The van der Waals surface area contributed by atoms with Gasteiger partial charge in [-0.15, -0.1) is 0 Å². The predicted molar refractivity (Wildman–Crippen MR) is 301 cm³/mol. The zero-order valence-electron chi connectivity index (χ0n) is 40.7. The van der Waals surface area contributed by atoms with Crippen LogP contribution in [0.5, 0.6) is 0 Å². The summed E-state index contributed by atoms with van der Waals surface area (Å²) in [6.45, 7) is 4.95. The summed E-state index contributed by atoms with van der Waals surface area (Å²) in [5.41, 5.74) is 18.6. The van der Waals surface area contributed by atoms with Gasteiger partial charge in [0.15, 0.2) is 0 Å². The number of hydrogen-bond acceptors (Lipinski definition) is 1. The second-order valence-corrected chi connectivity index (χ2v) is 21.0. The van der Waals surface area contributed by atoms with E-state index in [9.17, 15) is 0 Å². The first-order valence-corrected chi connectivity index (χ1v) is 25.8. The maximum atomic E-state index is 2.48. The van der Waals surface area contributed by atoms with E-state index in [0.717, 1.165) is 40.5 Å². The molecule has 0 radical (unpaired) electrons. The Morgan fingerprint density at radius 2 is 0.873 bits per heavy atom. The Morgan fingerprint density at radius 1 is 0.380 bits per heavy atom. The zero-order valence-corrected chi connectivity index (χ0v) is 40.7. The highest BCUT2D eigenvalue weighted by atomic mass is 15.1. The van der Waals surface area contributed by atoms with Crippen molar-refractivity contribution in [1.29, 1.82) is 0 Å². The minimum absolute atomic E-state index is 0.370. The van der Waals surface area contributed by atoms with Crippen molar-refractivity contribution < 1.29 is 0 Å². The number of aromatic nitrogens is 1. The van der Waals surface area contributed by atoms with Gasteiger partial charge in [-0.3, -0.25) is 0 Å². The first-order valence-electron chi connectivity index (χ1n) is 25.8. The third kappa shape index (κ3) is 7.93.